The van der Waals surface area contributed by atoms with Crippen LogP contribution in [0.2, 0.25) is 0 Å². The lowest BCUT2D eigenvalue weighted by Gasteiger charge is -2.03. The molecule has 0 N–H and O–H groups in total. The van der Waals surface area contributed by atoms with Crippen LogP contribution >= 0.6 is 0 Å². The van der Waals surface area contributed by atoms with Gasteiger partial charge in [0.15, 0.2) is 0 Å². The van der Waals surface area contributed by atoms with E-state index >= 15 is 0 Å². The molecule has 0 unspecified atom stereocenters. The Balaban J connectivity index is 3.71. The Morgan fingerprint density at radius 2 is 2.15 bits per heavy atom. The van der Waals surface area contributed by atoms with Gasteiger partial charge in [-0.25, -0.2) is 4.79 Å². The summed E-state index contributed by atoms with van der Waals surface area (Å²) < 4.78 is 2.25. The molecule has 0 spiro atoms. The number of hydrogen-bond acceptors (Lipinski definition) is 3. The molecule has 0 aromatic carbocycles. The second-order valence-electron chi connectivity index (χ2n) is 2.60. The first-order chi connectivity index (χ1) is 6.11. The summed E-state index contributed by atoms with van der Waals surface area (Å²) >= 11 is 0. The molecule has 13 heavy (non-hydrogen) atoms. The van der Waals surface area contributed by atoms with Crippen molar-refractivity contribution in [2.24, 2.45) is 7.05 Å². The molecular weight excluding hydrogens is 170 g/mol. The maximum absolute atomic E-state index is 11.3. The predicted molar refractivity (Wildman–Crippen MR) is 46.3 cm³/mol. The van der Waals surface area contributed by atoms with Crippen LogP contribution in [-0.4, -0.2) is 9.13 Å². The normalized spacial score (nSPS) is 9.62. The molecule has 0 bridgehead atoms. The number of hydrogen-bond donors (Lipinski definition) is 0. The van der Waals surface area contributed by atoms with Crippen LogP contribution in [0.15, 0.2) is 15.8 Å². The molecule has 0 atom stereocenters. The van der Waals surface area contributed by atoms with Gasteiger partial charge in [-0.05, 0) is 6.92 Å². The Bertz CT molecular complexity index is 476. The van der Waals surface area contributed by atoms with Crippen molar-refractivity contribution in [3.05, 3.63) is 32.6 Å². The fraction of sp³-hybridized carbons (Fsp3) is 0.375. The Morgan fingerprint density at radius 1 is 1.54 bits per heavy atom. The fourth-order valence-electron chi connectivity index (χ4n) is 1.08. The summed E-state index contributed by atoms with van der Waals surface area (Å²) in [4.78, 5) is 22.6. The van der Waals surface area contributed by atoms with E-state index in [2.05, 4.69) is 0 Å². The van der Waals surface area contributed by atoms with E-state index in [1.165, 1.54) is 17.8 Å². The van der Waals surface area contributed by atoms with Gasteiger partial charge in [0.2, 0.25) is 0 Å². The van der Waals surface area contributed by atoms with E-state index in [-0.39, 0.29) is 12.1 Å². The first kappa shape index (κ1) is 9.26. The summed E-state index contributed by atoms with van der Waals surface area (Å²) in [6.45, 7) is 1.96. The molecule has 1 heterocycles. The highest BCUT2D eigenvalue weighted by molar-refractivity contribution is 5.22. The summed E-state index contributed by atoms with van der Waals surface area (Å²) in [5.74, 6) is 0. The molecule has 1 aromatic rings. The largest absolute Gasteiger partial charge is 0.330 e. The molecule has 0 saturated heterocycles. The van der Waals surface area contributed by atoms with Gasteiger partial charge in [0.25, 0.3) is 5.56 Å². The molecule has 0 aliphatic heterocycles. The Kier molecular flexibility index (Phi) is 2.33. The van der Waals surface area contributed by atoms with Gasteiger partial charge in [0, 0.05) is 19.8 Å². The minimum atomic E-state index is -0.520. The van der Waals surface area contributed by atoms with Crippen LogP contribution in [0.1, 0.15) is 12.5 Å². The van der Waals surface area contributed by atoms with Crippen molar-refractivity contribution in [1.29, 1.82) is 5.26 Å². The second kappa shape index (κ2) is 3.27. The minimum Gasteiger partial charge on any atom is -0.302 e. The summed E-state index contributed by atoms with van der Waals surface area (Å²) in [6, 6.07) is 1.74. The fourth-order valence-corrected chi connectivity index (χ4v) is 1.08. The van der Waals surface area contributed by atoms with Crippen molar-refractivity contribution >= 4 is 0 Å². The van der Waals surface area contributed by atoms with Gasteiger partial charge >= 0.3 is 5.69 Å². The van der Waals surface area contributed by atoms with Crippen molar-refractivity contribution in [1.82, 2.24) is 9.13 Å². The second-order valence-corrected chi connectivity index (χ2v) is 2.60. The molecule has 5 nitrogen and oxygen atoms in total. The molecule has 0 saturated carbocycles. The third-order valence-electron chi connectivity index (χ3n) is 1.77. The number of aryl methyl sites for hydroxylation is 1. The Morgan fingerprint density at radius 3 is 2.62 bits per heavy atom. The van der Waals surface area contributed by atoms with Crippen molar-refractivity contribution in [2.75, 3.05) is 0 Å². The topological polar surface area (TPSA) is 67.8 Å². The number of rotatable bonds is 1. The quantitative estimate of drug-likeness (QED) is 0.580. The molecule has 0 amide bonds. The van der Waals surface area contributed by atoms with Crippen LogP contribution in [0, 0.1) is 11.3 Å². The number of nitrogens with zero attached hydrogens (tertiary/aromatic N) is 3. The molecule has 5 heteroatoms. The van der Waals surface area contributed by atoms with E-state index in [1.807, 2.05) is 0 Å². The molecule has 0 radical (unpaired) electrons. The van der Waals surface area contributed by atoms with Crippen LogP contribution < -0.4 is 11.2 Å². The molecule has 0 aliphatic carbocycles. The van der Waals surface area contributed by atoms with Gasteiger partial charge < -0.3 is 4.57 Å². The molecule has 1 aromatic heterocycles. The SMILES string of the molecule is CCn1c(=O)c(C#N)cn(C)c1=O. The highest BCUT2D eigenvalue weighted by Gasteiger charge is 2.06. The van der Waals surface area contributed by atoms with Gasteiger partial charge in [0.05, 0.1) is 0 Å². The van der Waals surface area contributed by atoms with Crippen LogP contribution in [0.25, 0.3) is 0 Å². The molecule has 0 aliphatic rings. The zero-order chi connectivity index (χ0) is 10.0. The van der Waals surface area contributed by atoms with Crippen molar-refractivity contribution in [3.8, 4) is 6.07 Å². The lowest BCUT2D eigenvalue weighted by molar-refractivity contribution is 0.619. The van der Waals surface area contributed by atoms with E-state index in [4.69, 9.17) is 5.26 Å². The number of aromatic nitrogens is 2. The van der Waals surface area contributed by atoms with Crippen molar-refractivity contribution in [2.45, 2.75) is 13.5 Å². The minimum absolute atomic E-state index is 0.0102. The lowest BCUT2D eigenvalue weighted by atomic mass is 10.3. The molecule has 68 valence electrons. The van der Waals surface area contributed by atoms with Crippen LogP contribution in [-0.2, 0) is 13.6 Å². The average molecular weight is 179 g/mol. The van der Waals surface area contributed by atoms with E-state index in [1.54, 1.807) is 13.0 Å². The van der Waals surface area contributed by atoms with Gasteiger partial charge in [-0.1, -0.05) is 0 Å². The van der Waals surface area contributed by atoms with E-state index in [0.717, 1.165) is 4.57 Å². The monoisotopic (exact) mass is 179 g/mol. The zero-order valence-electron chi connectivity index (χ0n) is 7.44. The standard InChI is InChI=1S/C8H9N3O2/c1-3-11-7(12)6(4-9)5-10(2)8(11)13/h5H,3H2,1-2H3. The predicted octanol–water partition coefficient (Wildman–Crippen LogP) is -0.561. The van der Waals surface area contributed by atoms with Crippen molar-refractivity contribution in [3.63, 3.8) is 0 Å². The van der Waals surface area contributed by atoms with E-state index in [0.29, 0.717) is 0 Å². The average Bonchev–Trinajstić information content (AvgIpc) is 2.12. The van der Waals surface area contributed by atoms with Gasteiger partial charge in [0.1, 0.15) is 11.6 Å². The van der Waals surface area contributed by atoms with E-state index in [9.17, 15) is 9.59 Å². The third kappa shape index (κ3) is 1.38. The Labute approximate surface area is 74.5 Å². The van der Waals surface area contributed by atoms with Crippen LogP contribution in [0.5, 0.6) is 0 Å². The smallest absolute Gasteiger partial charge is 0.302 e. The lowest BCUT2D eigenvalue weighted by Crippen LogP contribution is -2.39. The first-order valence-electron chi connectivity index (χ1n) is 3.82. The summed E-state index contributed by atoms with van der Waals surface area (Å²) in [7, 11) is 1.51. The first-order valence-corrected chi connectivity index (χ1v) is 3.82. The number of nitriles is 1. The summed E-state index contributed by atoms with van der Waals surface area (Å²) in [5.41, 5.74) is -0.927. The highest BCUT2D eigenvalue weighted by atomic mass is 16.2. The van der Waals surface area contributed by atoms with E-state index < -0.39 is 11.2 Å². The van der Waals surface area contributed by atoms with Crippen LogP contribution in [0.4, 0.5) is 0 Å². The highest BCUT2D eigenvalue weighted by Crippen LogP contribution is 1.83. The zero-order valence-corrected chi connectivity index (χ0v) is 7.44. The maximum Gasteiger partial charge on any atom is 0.330 e. The van der Waals surface area contributed by atoms with Gasteiger partial charge in [-0.3, -0.25) is 9.36 Å². The van der Waals surface area contributed by atoms with Gasteiger partial charge in [-0.2, -0.15) is 5.26 Å². The summed E-state index contributed by atoms with van der Waals surface area (Å²) in [6.07, 6.45) is 1.25. The molecular formula is C8H9N3O2. The molecule has 0 fully saturated rings. The third-order valence-corrected chi connectivity index (χ3v) is 1.77. The Hall–Kier alpha value is -1.83. The van der Waals surface area contributed by atoms with Crippen LogP contribution in [0.3, 0.4) is 0 Å². The van der Waals surface area contributed by atoms with Gasteiger partial charge in [-0.15, -0.1) is 0 Å². The van der Waals surface area contributed by atoms with Crippen molar-refractivity contribution < 1.29 is 0 Å². The summed E-state index contributed by atoms with van der Waals surface area (Å²) in [5, 5.41) is 8.58. The maximum atomic E-state index is 11.3. The molecule has 1 rings (SSSR count).